The Balaban J connectivity index is 2.29. The summed E-state index contributed by atoms with van der Waals surface area (Å²) in [5.41, 5.74) is -1.10. The van der Waals surface area contributed by atoms with Gasteiger partial charge in [-0.15, -0.1) is 10.3 Å². The molecule has 0 saturated carbocycles. The first-order valence-corrected chi connectivity index (χ1v) is 12.6. The zero-order valence-corrected chi connectivity index (χ0v) is 21.3. The first-order valence-electron chi connectivity index (χ1n) is 12.6. The van der Waals surface area contributed by atoms with Gasteiger partial charge in [-0.05, 0) is 46.0 Å². The molecule has 31 heavy (non-hydrogen) atoms. The number of quaternary nitrogens is 1. The summed E-state index contributed by atoms with van der Waals surface area (Å²) in [6.45, 7) is 8.00. The molecule has 183 valence electrons. The van der Waals surface area contributed by atoms with E-state index in [-0.39, 0.29) is 5.97 Å². The average Bonchev–Trinajstić information content (AvgIpc) is 2.90. The van der Waals surface area contributed by atoms with Crippen molar-refractivity contribution in [1.82, 2.24) is 5.06 Å². The van der Waals surface area contributed by atoms with Gasteiger partial charge in [0.1, 0.15) is 18.9 Å². The lowest BCUT2D eigenvalue weighted by Crippen LogP contribution is -2.49. The minimum atomic E-state index is -0.654. The van der Waals surface area contributed by atoms with Gasteiger partial charge < -0.3 is 14.0 Å². The van der Waals surface area contributed by atoms with Gasteiger partial charge in [0.2, 0.25) is 0 Å². The fourth-order valence-electron chi connectivity index (χ4n) is 4.16. The SMILES string of the molecule is CCCCCCCCC1(CCCCCCC(=O)OCC[N+](C)(C)C)OCC(C)(C)N1[O]. The molecule has 6 nitrogen and oxygen atoms in total. The molecule has 0 aromatic heterocycles. The fraction of sp³-hybridized carbons (Fsp3) is 0.960. The maximum Gasteiger partial charge on any atom is 0.305 e. The van der Waals surface area contributed by atoms with E-state index in [4.69, 9.17) is 9.47 Å². The molecule has 1 saturated heterocycles. The van der Waals surface area contributed by atoms with E-state index in [1.165, 1.54) is 37.2 Å². The zero-order valence-electron chi connectivity index (χ0n) is 21.3. The highest BCUT2D eigenvalue weighted by Crippen LogP contribution is 2.40. The van der Waals surface area contributed by atoms with Crippen LogP contribution in [0, 0.1) is 0 Å². The van der Waals surface area contributed by atoms with Crippen LogP contribution in [0.25, 0.3) is 0 Å². The first-order chi connectivity index (χ1) is 14.5. The second kappa shape index (κ2) is 13.8. The molecular weight excluding hydrogens is 392 g/mol. The van der Waals surface area contributed by atoms with Crippen LogP contribution in [-0.4, -0.2) is 67.7 Å². The van der Waals surface area contributed by atoms with Gasteiger partial charge in [-0.2, -0.15) is 0 Å². The monoisotopic (exact) mass is 442 g/mol. The highest BCUT2D eigenvalue weighted by atomic mass is 16.6. The normalized spacial score (nSPS) is 21.5. The highest BCUT2D eigenvalue weighted by Gasteiger charge is 2.51. The zero-order chi connectivity index (χ0) is 23.4. The second-order valence-electron chi connectivity index (χ2n) is 11.0. The van der Waals surface area contributed by atoms with E-state index in [0.29, 0.717) is 19.6 Å². The van der Waals surface area contributed by atoms with E-state index >= 15 is 0 Å². The van der Waals surface area contributed by atoms with Crippen molar-refractivity contribution in [2.24, 2.45) is 0 Å². The number of nitrogens with zero attached hydrogens (tertiary/aromatic N) is 2. The van der Waals surface area contributed by atoms with Crippen molar-refractivity contribution in [3.63, 3.8) is 0 Å². The number of ether oxygens (including phenoxy) is 2. The Kier molecular flexibility index (Phi) is 12.6. The largest absolute Gasteiger partial charge is 0.460 e. The Morgan fingerprint density at radius 3 is 2.00 bits per heavy atom. The lowest BCUT2D eigenvalue weighted by molar-refractivity contribution is -0.870. The van der Waals surface area contributed by atoms with Crippen LogP contribution in [0.4, 0.5) is 0 Å². The van der Waals surface area contributed by atoms with Gasteiger partial charge in [0.25, 0.3) is 0 Å². The van der Waals surface area contributed by atoms with Crippen molar-refractivity contribution in [3.8, 4) is 0 Å². The third-order valence-electron chi connectivity index (χ3n) is 6.26. The summed E-state index contributed by atoms with van der Waals surface area (Å²) in [4.78, 5) is 11.9. The molecular formula is C25H50N2O4+. The van der Waals surface area contributed by atoms with Crippen molar-refractivity contribution in [2.45, 2.75) is 116 Å². The van der Waals surface area contributed by atoms with Crippen molar-refractivity contribution >= 4 is 5.97 Å². The number of hydrogen-bond acceptors (Lipinski definition) is 4. The first kappa shape index (κ1) is 28.3. The number of carbonyl (C=O) groups excluding carboxylic acids is 1. The molecule has 0 N–H and O–H groups in total. The van der Waals surface area contributed by atoms with Gasteiger partial charge in [0.15, 0.2) is 0 Å². The maximum absolute atomic E-state index is 13.0. The minimum absolute atomic E-state index is 0.0976. The van der Waals surface area contributed by atoms with Crippen LogP contribution in [0.15, 0.2) is 0 Å². The summed E-state index contributed by atoms with van der Waals surface area (Å²) in [7, 11) is 6.27. The molecule has 0 amide bonds. The summed E-state index contributed by atoms with van der Waals surface area (Å²) < 4.78 is 12.3. The highest BCUT2D eigenvalue weighted by molar-refractivity contribution is 5.69. The van der Waals surface area contributed by atoms with E-state index < -0.39 is 11.3 Å². The molecule has 1 radical (unpaired) electrons. The van der Waals surface area contributed by atoms with Gasteiger partial charge in [-0.25, -0.2) is 0 Å². The van der Waals surface area contributed by atoms with Crippen LogP contribution in [0.2, 0.25) is 0 Å². The van der Waals surface area contributed by atoms with Gasteiger partial charge in [0, 0.05) is 6.42 Å². The average molecular weight is 443 g/mol. The third-order valence-corrected chi connectivity index (χ3v) is 6.26. The summed E-state index contributed by atoms with van der Waals surface area (Å²) in [6, 6.07) is 0. The molecule has 1 aliphatic heterocycles. The molecule has 1 heterocycles. The standard InChI is InChI=1S/C25H50N2O4/c1-7-8-9-10-12-15-18-25(26(29)24(2,3)22-31-25)19-16-13-11-14-17-23(28)30-21-20-27(4,5)6/h7-22H2,1-6H3/q+1. The van der Waals surface area contributed by atoms with Crippen molar-refractivity contribution in [3.05, 3.63) is 0 Å². The molecule has 0 aliphatic carbocycles. The predicted molar refractivity (Wildman–Crippen MR) is 125 cm³/mol. The topological polar surface area (TPSA) is 58.7 Å². The number of hydroxylamine groups is 2. The molecule has 1 atom stereocenters. The van der Waals surface area contributed by atoms with Crippen LogP contribution in [0.3, 0.4) is 0 Å². The number of hydrogen-bond donors (Lipinski definition) is 0. The molecule has 1 aliphatic rings. The number of carbonyl (C=O) groups is 1. The van der Waals surface area contributed by atoms with E-state index in [2.05, 4.69) is 28.1 Å². The summed E-state index contributed by atoms with van der Waals surface area (Å²) in [5, 5.41) is 14.3. The fourth-order valence-corrected chi connectivity index (χ4v) is 4.16. The lowest BCUT2D eigenvalue weighted by atomic mass is 9.95. The predicted octanol–water partition coefficient (Wildman–Crippen LogP) is 5.48. The van der Waals surface area contributed by atoms with Crippen molar-refractivity contribution in [2.75, 3.05) is 40.9 Å². The van der Waals surface area contributed by atoms with Crippen molar-refractivity contribution in [1.29, 1.82) is 0 Å². The molecule has 6 heteroatoms. The van der Waals surface area contributed by atoms with Crippen LogP contribution in [0.5, 0.6) is 0 Å². The van der Waals surface area contributed by atoms with Gasteiger partial charge in [-0.1, -0.05) is 51.9 Å². The second-order valence-corrected chi connectivity index (χ2v) is 11.0. The van der Waals surface area contributed by atoms with Crippen LogP contribution in [-0.2, 0) is 19.5 Å². The van der Waals surface area contributed by atoms with E-state index in [1.807, 2.05) is 13.8 Å². The number of likely N-dealkylation sites (N-methyl/N-ethyl adjacent to an activating group) is 1. The van der Waals surface area contributed by atoms with Gasteiger partial charge in [-0.3, -0.25) is 4.79 Å². The molecule has 0 spiro atoms. The number of esters is 1. The Morgan fingerprint density at radius 1 is 0.935 bits per heavy atom. The maximum atomic E-state index is 13.0. The molecule has 1 unspecified atom stereocenters. The summed E-state index contributed by atoms with van der Waals surface area (Å²) in [5.74, 6) is -0.0976. The molecule has 0 bridgehead atoms. The Bertz CT molecular complexity index is 504. The number of unbranched alkanes of at least 4 members (excludes halogenated alkanes) is 8. The van der Waals surface area contributed by atoms with Crippen LogP contribution < -0.4 is 0 Å². The van der Waals surface area contributed by atoms with E-state index in [1.54, 1.807) is 0 Å². The Hall–Kier alpha value is -0.690. The Labute approximate surface area is 191 Å². The van der Waals surface area contributed by atoms with Gasteiger partial charge in [0.05, 0.1) is 33.3 Å². The quantitative estimate of drug-likeness (QED) is 0.170. The third kappa shape index (κ3) is 11.1. The van der Waals surface area contributed by atoms with E-state index in [9.17, 15) is 10.0 Å². The van der Waals surface area contributed by atoms with Crippen LogP contribution >= 0.6 is 0 Å². The molecule has 0 aromatic carbocycles. The van der Waals surface area contributed by atoms with Gasteiger partial charge >= 0.3 is 5.97 Å². The summed E-state index contributed by atoms with van der Waals surface area (Å²) in [6.07, 6.45) is 13.2. The lowest BCUT2D eigenvalue weighted by Gasteiger charge is -2.35. The molecule has 1 rings (SSSR count). The molecule has 0 aromatic rings. The van der Waals surface area contributed by atoms with Crippen LogP contribution in [0.1, 0.15) is 104 Å². The summed E-state index contributed by atoms with van der Waals surface area (Å²) >= 11 is 0. The van der Waals surface area contributed by atoms with E-state index in [0.717, 1.165) is 56.0 Å². The smallest absolute Gasteiger partial charge is 0.305 e. The number of rotatable bonds is 17. The minimum Gasteiger partial charge on any atom is -0.460 e. The molecule has 1 fully saturated rings. The Morgan fingerprint density at radius 2 is 1.48 bits per heavy atom. The van der Waals surface area contributed by atoms with Crippen molar-refractivity contribution < 1.29 is 24.0 Å².